The van der Waals surface area contributed by atoms with E-state index in [-0.39, 0.29) is 15.8 Å². The Kier molecular flexibility index (Phi) is 4.55. The van der Waals surface area contributed by atoms with Gasteiger partial charge in [0.15, 0.2) is 0 Å². The highest BCUT2D eigenvalue weighted by Crippen LogP contribution is 2.19. The third-order valence-electron chi connectivity index (χ3n) is 2.61. The predicted octanol–water partition coefficient (Wildman–Crippen LogP) is 3.72. The summed E-state index contributed by atoms with van der Waals surface area (Å²) < 4.78 is 13.3. The van der Waals surface area contributed by atoms with Crippen LogP contribution >= 0.6 is 27.5 Å². The van der Waals surface area contributed by atoms with Crippen molar-refractivity contribution in [1.82, 2.24) is 5.32 Å². The summed E-state index contributed by atoms with van der Waals surface area (Å²) in [7, 11) is 0. The highest BCUT2D eigenvalue weighted by molar-refractivity contribution is 9.10. The summed E-state index contributed by atoms with van der Waals surface area (Å²) in [5.41, 5.74) is -0.136. The van der Waals surface area contributed by atoms with Crippen molar-refractivity contribution in [3.8, 4) is 0 Å². The van der Waals surface area contributed by atoms with Crippen LogP contribution in [-0.4, -0.2) is 16.8 Å². The van der Waals surface area contributed by atoms with Crippen LogP contribution in [0.15, 0.2) is 22.7 Å². The molecule has 1 aromatic rings. The molecule has 0 aromatic heterocycles. The van der Waals surface area contributed by atoms with Crippen molar-refractivity contribution in [1.29, 1.82) is 0 Å². The lowest BCUT2D eigenvalue weighted by Gasteiger charge is -2.29. The van der Waals surface area contributed by atoms with Crippen LogP contribution < -0.4 is 5.32 Å². The van der Waals surface area contributed by atoms with Crippen LogP contribution in [0.4, 0.5) is 4.39 Å². The molecule has 1 N–H and O–H groups in total. The molecule has 2 nitrogen and oxygen atoms in total. The monoisotopic (exact) mass is 321 g/mol. The molecule has 0 heterocycles. The Morgan fingerprint density at radius 2 is 2.12 bits per heavy atom. The molecule has 1 atom stereocenters. The number of alkyl halides is 1. The Labute approximate surface area is 114 Å². The van der Waals surface area contributed by atoms with Crippen LogP contribution in [0.5, 0.6) is 0 Å². The molecule has 0 saturated heterocycles. The summed E-state index contributed by atoms with van der Waals surface area (Å²) in [5.74, 6) is -0.672. The fourth-order valence-electron chi connectivity index (χ4n) is 1.10. The Bertz CT molecular complexity index is 435. The second-order valence-corrected chi connectivity index (χ2v) is 5.93. The number of amides is 1. The van der Waals surface area contributed by atoms with Gasteiger partial charge in [-0.25, -0.2) is 4.39 Å². The summed E-state index contributed by atoms with van der Waals surface area (Å²) in [6, 6.07) is 4.13. The second kappa shape index (κ2) is 5.36. The van der Waals surface area contributed by atoms with Crippen LogP contribution in [0.1, 0.15) is 31.1 Å². The van der Waals surface area contributed by atoms with E-state index in [2.05, 4.69) is 21.2 Å². The maximum Gasteiger partial charge on any atom is 0.251 e. The zero-order chi connectivity index (χ0) is 13.2. The van der Waals surface area contributed by atoms with Gasteiger partial charge in [0.25, 0.3) is 5.91 Å². The lowest BCUT2D eigenvalue weighted by atomic mass is 10.0. The summed E-state index contributed by atoms with van der Waals surface area (Å²) in [4.78, 5) is 11.9. The van der Waals surface area contributed by atoms with Gasteiger partial charge in [-0.15, -0.1) is 11.6 Å². The molecule has 17 heavy (non-hydrogen) atoms. The number of rotatable bonds is 3. The van der Waals surface area contributed by atoms with Crippen molar-refractivity contribution < 1.29 is 9.18 Å². The number of hydrogen-bond donors (Lipinski definition) is 1. The van der Waals surface area contributed by atoms with Gasteiger partial charge >= 0.3 is 0 Å². The molecule has 1 rings (SSSR count). The zero-order valence-electron chi connectivity index (χ0n) is 9.85. The molecule has 0 aliphatic heterocycles. The molecule has 5 heteroatoms. The van der Waals surface area contributed by atoms with E-state index >= 15 is 0 Å². The standard InChI is InChI=1S/C12H14BrClFNO/c1-7(14)12(2,3)16-11(17)8-4-5-10(15)9(13)6-8/h4-7H,1-3H3,(H,16,17). The third kappa shape index (κ3) is 3.68. The van der Waals surface area contributed by atoms with Gasteiger partial charge in [0, 0.05) is 5.56 Å². The maximum absolute atomic E-state index is 13.0. The maximum atomic E-state index is 13.0. The van der Waals surface area contributed by atoms with Gasteiger partial charge in [0.1, 0.15) is 5.82 Å². The second-order valence-electron chi connectivity index (χ2n) is 4.42. The Hall–Kier alpha value is -0.610. The van der Waals surface area contributed by atoms with Gasteiger partial charge in [-0.05, 0) is 54.9 Å². The lowest BCUT2D eigenvalue weighted by Crippen LogP contribution is -2.49. The Balaban J connectivity index is 2.87. The van der Waals surface area contributed by atoms with E-state index in [1.165, 1.54) is 18.2 Å². The van der Waals surface area contributed by atoms with Crippen molar-refractivity contribution in [2.24, 2.45) is 0 Å². The summed E-state index contributed by atoms with van der Waals surface area (Å²) in [6.07, 6.45) is 0. The van der Waals surface area contributed by atoms with E-state index in [1.54, 1.807) is 0 Å². The fraction of sp³-hybridized carbons (Fsp3) is 0.417. The minimum atomic E-state index is -0.528. The molecule has 1 amide bonds. The van der Waals surface area contributed by atoms with E-state index in [4.69, 9.17) is 11.6 Å². The van der Waals surface area contributed by atoms with E-state index in [9.17, 15) is 9.18 Å². The molecule has 0 aliphatic rings. The van der Waals surface area contributed by atoms with Gasteiger partial charge in [-0.2, -0.15) is 0 Å². The Morgan fingerprint density at radius 1 is 1.53 bits per heavy atom. The first-order chi connectivity index (χ1) is 7.74. The molecule has 94 valence electrons. The molecule has 0 spiro atoms. The highest BCUT2D eigenvalue weighted by Gasteiger charge is 2.26. The summed E-state index contributed by atoms with van der Waals surface area (Å²) in [5, 5.41) is 2.59. The van der Waals surface area contributed by atoms with Crippen LogP contribution in [0.25, 0.3) is 0 Å². The first kappa shape index (κ1) is 14.5. The first-order valence-corrected chi connectivity index (χ1v) is 6.38. The number of halogens is 3. The molecule has 0 bridgehead atoms. The SMILES string of the molecule is CC(Cl)C(C)(C)NC(=O)c1ccc(F)c(Br)c1. The van der Waals surface area contributed by atoms with Crippen molar-refractivity contribution >= 4 is 33.4 Å². The van der Waals surface area contributed by atoms with E-state index in [1.807, 2.05) is 20.8 Å². The van der Waals surface area contributed by atoms with Crippen LogP contribution in [-0.2, 0) is 0 Å². The molecule has 0 aliphatic carbocycles. The molecular formula is C12H14BrClFNO. The molecular weight excluding hydrogens is 308 g/mol. The number of hydrogen-bond acceptors (Lipinski definition) is 1. The van der Waals surface area contributed by atoms with Crippen molar-refractivity contribution in [3.63, 3.8) is 0 Å². The average Bonchev–Trinajstić information content (AvgIpc) is 2.21. The molecule has 0 fully saturated rings. The molecule has 0 saturated carbocycles. The summed E-state index contributed by atoms with van der Waals surface area (Å²) in [6.45, 7) is 5.48. The minimum absolute atomic E-state index is 0.213. The molecule has 1 aromatic carbocycles. The molecule has 0 radical (unpaired) electrons. The number of benzene rings is 1. The smallest absolute Gasteiger partial charge is 0.251 e. The number of carbonyl (C=O) groups is 1. The van der Waals surface area contributed by atoms with Crippen LogP contribution in [0.2, 0.25) is 0 Å². The van der Waals surface area contributed by atoms with Crippen molar-refractivity contribution in [3.05, 3.63) is 34.1 Å². The number of nitrogens with one attached hydrogen (secondary N) is 1. The van der Waals surface area contributed by atoms with E-state index in [0.717, 1.165) is 0 Å². The summed E-state index contributed by atoms with van der Waals surface area (Å²) >= 11 is 9.02. The highest BCUT2D eigenvalue weighted by atomic mass is 79.9. The quantitative estimate of drug-likeness (QED) is 0.844. The molecule has 1 unspecified atom stereocenters. The fourth-order valence-corrected chi connectivity index (χ4v) is 1.53. The normalized spacial score (nSPS) is 13.3. The van der Waals surface area contributed by atoms with Crippen LogP contribution in [0, 0.1) is 5.82 Å². The van der Waals surface area contributed by atoms with Crippen molar-refractivity contribution in [2.75, 3.05) is 0 Å². The Morgan fingerprint density at radius 3 is 2.59 bits per heavy atom. The van der Waals surface area contributed by atoms with Gasteiger partial charge in [0.05, 0.1) is 15.4 Å². The van der Waals surface area contributed by atoms with Crippen LogP contribution in [0.3, 0.4) is 0 Å². The number of carbonyl (C=O) groups excluding carboxylic acids is 1. The van der Waals surface area contributed by atoms with Crippen molar-refractivity contribution in [2.45, 2.75) is 31.7 Å². The average molecular weight is 323 g/mol. The topological polar surface area (TPSA) is 29.1 Å². The van der Waals surface area contributed by atoms with E-state index in [0.29, 0.717) is 5.56 Å². The lowest BCUT2D eigenvalue weighted by molar-refractivity contribution is 0.0912. The predicted molar refractivity (Wildman–Crippen MR) is 71.0 cm³/mol. The van der Waals surface area contributed by atoms with Gasteiger partial charge < -0.3 is 5.32 Å². The van der Waals surface area contributed by atoms with Gasteiger partial charge in [0.2, 0.25) is 0 Å². The van der Waals surface area contributed by atoms with Gasteiger partial charge in [-0.1, -0.05) is 0 Å². The van der Waals surface area contributed by atoms with Gasteiger partial charge in [-0.3, -0.25) is 4.79 Å². The zero-order valence-corrected chi connectivity index (χ0v) is 12.2. The first-order valence-electron chi connectivity index (χ1n) is 5.15. The third-order valence-corrected chi connectivity index (χ3v) is 3.77. The van der Waals surface area contributed by atoms with E-state index < -0.39 is 11.4 Å². The minimum Gasteiger partial charge on any atom is -0.346 e. The largest absolute Gasteiger partial charge is 0.346 e.